The molecular weight excluding hydrogens is 508 g/mol. The molecule has 1 saturated heterocycles. The molecule has 0 aliphatic carbocycles. The lowest BCUT2D eigenvalue weighted by Gasteiger charge is -2.30. The lowest BCUT2D eigenvalue weighted by Crippen LogP contribution is -2.32. The van der Waals surface area contributed by atoms with E-state index in [1.165, 1.54) is 28.8 Å². The average molecular weight is 527 g/mol. The summed E-state index contributed by atoms with van der Waals surface area (Å²) in [5.41, 5.74) is 0.719. The van der Waals surface area contributed by atoms with Crippen molar-refractivity contribution in [2.75, 3.05) is 11.5 Å². The van der Waals surface area contributed by atoms with Crippen LogP contribution in [0.2, 0.25) is 0 Å². The lowest BCUT2D eigenvalue weighted by molar-refractivity contribution is -0.384. The first-order valence-corrected chi connectivity index (χ1v) is 12.6. The number of hydrogen-bond donors (Lipinski definition) is 0. The van der Waals surface area contributed by atoms with Gasteiger partial charge in [-0.2, -0.15) is 0 Å². The number of carbonyl (C=O) groups is 3. The summed E-state index contributed by atoms with van der Waals surface area (Å²) >= 11 is 2.01. The maximum atomic E-state index is 13.7. The number of aromatic nitrogens is 2. The number of fused-ring (bicyclic) bond motifs is 2. The number of thioether (sulfide) groups is 1. The molecule has 184 valence electrons. The van der Waals surface area contributed by atoms with Crippen LogP contribution in [0, 0.1) is 16.0 Å². The lowest BCUT2D eigenvalue weighted by atomic mass is 9.84. The van der Waals surface area contributed by atoms with Gasteiger partial charge in [0.2, 0.25) is 11.8 Å². The van der Waals surface area contributed by atoms with Gasteiger partial charge in [0.05, 0.1) is 28.2 Å². The van der Waals surface area contributed by atoms with Gasteiger partial charge in [0.25, 0.3) is 5.69 Å². The zero-order chi connectivity index (χ0) is 25.6. The predicted octanol–water partition coefficient (Wildman–Crippen LogP) is 2.57. The number of nitro benzene ring substituents is 1. The molecule has 0 radical (unpaired) electrons. The molecule has 1 aromatic carbocycles. The van der Waals surface area contributed by atoms with E-state index < -0.39 is 39.8 Å². The Morgan fingerprint density at radius 3 is 2.56 bits per heavy atom. The fourth-order valence-corrected chi connectivity index (χ4v) is 7.26. The van der Waals surface area contributed by atoms with Crippen LogP contribution in [0.3, 0.4) is 0 Å². The molecule has 2 aliphatic rings. The van der Waals surface area contributed by atoms with Crippen molar-refractivity contribution in [2.24, 2.45) is 5.92 Å². The fraction of sp³-hybridized carbons (Fsp3) is 0.261. The van der Waals surface area contributed by atoms with Crippen LogP contribution in [0.15, 0.2) is 58.6 Å². The zero-order valence-corrected chi connectivity index (χ0v) is 20.4. The van der Waals surface area contributed by atoms with Crippen LogP contribution in [0.25, 0.3) is 0 Å². The van der Waals surface area contributed by atoms with Gasteiger partial charge in [0.1, 0.15) is 11.8 Å². The highest BCUT2D eigenvalue weighted by Crippen LogP contribution is 2.53. The second-order valence-corrected chi connectivity index (χ2v) is 10.2. The topological polar surface area (TPSA) is 142 Å². The van der Waals surface area contributed by atoms with Gasteiger partial charge in [-0.15, -0.1) is 0 Å². The van der Waals surface area contributed by atoms with Crippen LogP contribution >= 0.6 is 23.1 Å². The number of carbonyl (C=O) groups excluding carboxylic acids is 3. The zero-order valence-electron chi connectivity index (χ0n) is 18.7. The Balaban J connectivity index is 1.60. The maximum Gasteiger partial charge on any atom is 0.326 e. The summed E-state index contributed by atoms with van der Waals surface area (Å²) in [6.45, 7) is 1.52. The fourth-order valence-electron chi connectivity index (χ4n) is 4.49. The molecule has 11 nitrogen and oxygen atoms in total. The highest BCUT2D eigenvalue weighted by molar-refractivity contribution is 8.00. The van der Waals surface area contributed by atoms with Gasteiger partial charge in [-0.05, 0) is 30.7 Å². The summed E-state index contributed by atoms with van der Waals surface area (Å²) < 4.78 is 6.29. The van der Waals surface area contributed by atoms with Gasteiger partial charge in [-0.3, -0.25) is 38.8 Å². The first kappa shape index (κ1) is 23.9. The van der Waals surface area contributed by atoms with Crippen LogP contribution in [-0.2, 0) is 25.7 Å². The molecule has 2 amide bonds. The monoisotopic (exact) mass is 526 g/mol. The molecule has 3 unspecified atom stereocenters. The summed E-state index contributed by atoms with van der Waals surface area (Å²) in [5.74, 6) is -3.01. The van der Waals surface area contributed by atoms with Crippen molar-refractivity contribution < 1.29 is 24.0 Å². The van der Waals surface area contributed by atoms with Crippen LogP contribution in [0.1, 0.15) is 23.3 Å². The minimum Gasteiger partial charge on any atom is -0.465 e. The van der Waals surface area contributed by atoms with E-state index in [-0.39, 0.29) is 29.4 Å². The van der Waals surface area contributed by atoms with E-state index in [9.17, 15) is 29.3 Å². The quantitative estimate of drug-likeness (QED) is 0.205. The van der Waals surface area contributed by atoms with E-state index in [1.807, 2.05) is 0 Å². The van der Waals surface area contributed by atoms with Gasteiger partial charge in [-0.25, -0.2) is 4.90 Å². The number of amides is 2. The van der Waals surface area contributed by atoms with Crippen molar-refractivity contribution in [3.63, 3.8) is 0 Å². The Kier molecular flexibility index (Phi) is 6.18. The van der Waals surface area contributed by atoms with Gasteiger partial charge in [-0.1, -0.05) is 29.2 Å². The second kappa shape index (κ2) is 9.32. The molecule has 0 bridgehead atoms. The summed E-state index contributed by atoms with van der Waals surface area (Å²) in [6, 6.07) is 8.68. The average Bonchev–Trinajstić information content (AvgIpc) is 3.31. The molecule has 0 N–H and O–H groups in total. The largest absolute Gasteiger partial charge is 0.465 e. The molecule has 0 spiro atoms. The van der Waals surface area contributed by atoms with Crippen molar-refractivity contribution >= 4 is 52.3 Å². The van der Waals surface area contributed by atoms with Gasteiger partial charge in [0.15, 0.2) is 0 Å². The van der Waals surface area contributed by atoms with Crippen LogP contribution < -0.4 is 9.77 Å². The number of thiazole rings is 1. The Morgan fingerprint density at radius 2 is 1.92 bits per heavy atom. The van der Waals surface area contributed by atoms with Crippen molar-refractivity contribution in [3.05, 3.63) is 79.0 Å². The first-order valence-electron chi connectivity index (χ1n) is 10.9. The van der Waals surface area contributed by atoms with Crippen molar-refractivity contribution in [1.82, 2.24) is 9.55 Å². The van der Waals surface area contributed by atoms with E-state index in [0.717, 1.165) is 28.0 Å². The minimum atomic E-state index is -0.868. The van der Waals surface area contributed by atoms with Crippen molar-refractivity contribution in [1.29, 1.82) is 0 Å². The van der Waals surface area contributed by atoms with Crippen LogP contribution in [0.4, 0.5) is 11.4 Å². The van der Waals surface area contributed by atoms with Gasteiger partial charge < -0.3 is 4.74 Å². The van der Waals surface area contributed by atoms with Crippen molar-refractivity contribution in [2.45, 2.75) is 29.7 Å². The molecule has 2 aliphatic heterocycles. The van der Waals surface area contributed by atoms with E-state index in [1.54, 1.807) is 31.5 Å². The molecule has 3 atom stereocenters. The van der Waals surface area contributed by atoms with E-state index >= 15 is 0 Å². The number of ether oxygens (including phenoxy) is 1. The molecule has 5 rings (SSSR count). The smallest absolute Gasteiger partial charge is 0.326 e. The Hall–Kier alpha value is -3.84. The number of rotatable bonds is 6. The standard InChI is InChI=1S/C23H18N4O7S2/c1-2-34-15(28)11-25-22-19(36-23(25)31)16(12-4-3-9-24-10-12)17-18(35-22)21(30)26(20(17)29)13-5-7-14(8-6-13)27(32)33/h3-10,16-18H,2,11H2,1H3. The highest BCUT2D eigenvalue weighted by atomic mass is 32.2. The van der Waals surface area contributed by atoms with Gasteiger partial charge in [0, 0.05) is 35.3 Å². The molecule has 1 fully saturated rings. The molecule has 36 heavy (non-hydrogen) atoms. The number of benzene rings is 1. The number of imide groups is 1. The molecular formula is C23H18N4O7S2. The Bertz CT molecular complexity index is 1430. The third-order valence-corrected chi connectivity index (χ3v) is 8.61. The third-order valence-electron chi connectivity index (χ3n) is 6.00. The van der Waals surface area contributed by atoms with E-state index in [2.05, 4.69) is 4.98 Å². The number of anilines is 1. The maximum absolute atomic E-state index is 13.7. The SMILES string of the molecule is CCOC(=O)Cn1c2c(sc1=O)C(c1cccnc1)C1C(=O)N(c3ccc([N+](=O)[O-])cc3)C(=O)C1S2. The van der Waals surface area contributed by atoms with Crippen LogP contribution in [-0.4, -0.2) is 44.1 Å². The number of hydrogen-bond acceptors (Lipinski definition) is 10. The third kappa shape index (κ3) is 3.89. The number of non-ortho nitro benzene ring substituents is 1. The second-order valence-electron chi connectivity index (χ2n) is 8.04. The normalized spacial score (nSPS) is 20.7. The van der Waals surface area contributed by atoms with E-state index in [4.69, 9.17) is 4.74 Å². The number of nitrogens with zero attached hydrogens (tertiary/aromatic N) is 4. The summed E-state index contributed by atoms with van der Waals surface area (Å²) in [4.78, 5) is 68.2. The molecule has 0 saturated carbocycles. The molecule has 13 heteroatoms. The number of esters is 1. The molecule has 4 heterocycles. The minimum absolute atomic E-state index is 0.160. The summed E-state index contributed by atoms with van der Waals surface area (Å²) in [7, 11) is 0. The first-order chi connectivity index (χ1) is 17.3. The summed E-state index contributed by atoms with van der Waals surface area (Å²) in [5, 5.41) is 10.6. The van der Waals surface area contributed by atoms with Gasteiger partial charge >= 0.3 is 10.8 Å². The highest BCUT2D eigenvalue weighted by Gasteiger charge is 2.57. The predicted molar refractivity (Wildman–Crippen MR) is 130 cm³/mol. The Labute approximate surface area is 211 Å². The molecule has 3 aromatic rings. The van der Waals surface area contributed by atoms with Crippen LogP contribution in [0.5, 0.6) is 0 Å². The Morgan fingerprint density at radius 1 is 1.17 bits per heavy atom. The van der Waals surface area contributed by atoms with Crippen molar-refractivity contribution in [3.8, 4) is 0 Å². The number of pyridine rings is 1. The van der Waals surface area contributed by atoms with E-state index in [0.29, 0.717) is 15.5 Å². The molecule has 2 aromatic heterocycles. The number of nitro groups is 1. The summed E-state index contributed by atoms with van der Waals surface area (Å²) in [6.07, 6.45) is 3.17.